The second-order valence-corrected chi connectivity index (χ2v) is 6.12. The molecule has 4 N–H and O–H groups in total. The van der Waals surface area contributed by atoms with Gasteiger partial charge in [-0.25, -0.2) is 4.68 Å². The summed E-state index contributed by atoms with van der Waals surface area (Å²) in [7, 11) is 1.60. The van der Waals surface area contributed by atoms with Gasteiger partial charge in [0.1, 0.15) is 11.4 Å². The predicted octanol–water partition coefficient (Wildman–Crippen LogP) is -0.00840. The maximum Gasteiger partial charge on any atom is 0.239 e. The molecule has 1 aromatic carbocycles. The Kier molecular flexibility index (Phi) is 6.67. The van der Waals surface area contributed by atoms with Crippen LogP contribution in [-0.2, 0) is 16.1 Å². The lowest BCUT2D eigenvalue weighted by atomic mass is 10.1. The zero-order valence-electron chi connectivity index (χ0n) is 15.1. The Hall–Kier alpha value is -2.94. The van der Waals surface area contributed by atoms with Crippen molar-refractivity contribution in [2.45, 2.75) is 26.4 Å². The highest BCUT2D eigenvalue weighted by Crippen LogP contribution is 2.14. The Labute approximate surface area is 151 Å². The molecule has 140 valence electrons. The summed E-state index contributed by atoms with van der Waals surface area (Å²) in [6.07, 6.45) is 1.72. The number of nitrogens with zero attached hydrogens (tertiary/aromatic N) is 3. The predicted molar refractivity (Wildman–Crippen MR) is 95.6 cm³/mol. The Balaban J connectivity index is 1.81. The molecule has 0 spiro atoms. The Bertz CT molecular complexity index is 741. The van der Waals surface area contributed by atoms with Gasteiger partial charge in [-0.05, 0) is 30.2 Å². The Morgan fingerprint density at radius 1 is 1.23 bits per heavy atom. The fourth-order valence-corrected chi connectivity index (χ4v) is 2.08. The summed E-state index contributed by atoms with van der Waals surface area (Å²) in [5, 5.41) is 13.2. The monoisotopic (exact) mass is 360 g/mol. The second kappa shape index (κ2) is 8.95. The molecule has 0 unspecified atom stereocenters. The van der Waals surface area contributed by atoms with Crippen LogP contribution in [0.15, 0.2) is 30.5 Å². The van der Waals surface area contributed by atoms with Crippen molar-refractivity contribution in [3.05, 3.63) is 36.2 Å². The van der Waals surface area contributed by atoms with Crippen LogP contribution in [0.2, 0.25) is 0 Å². The molecule has 2 amide bonds. The lowest BCUT2D eigenvalue weighted by molar-refractivity contribution is -0.127. The lowest BCUT2D eigenvalue weighted by Gasteiger charge is -2.14. The molecular weight excluding hydrogens is 336 g/mol. The van der Waals surface area contributed by atoms with Gasteiger partial charge >= 0.3 is 0 Å². The van der Waals surface area contributed by atoms with Gasteiger partial charge in [-0.2, -0.15) is 0 Å². The van der Waals surface area contributed by atoms with Crippen molar-refractivity contribution < 1.29 is 14.3 Å². The highest BCUT2D eigenvalue weighted by Gasteiger charge is 2.17. The minimum absolute atomic E-state index is 0.00561. The van der Waals surface area contributed by atoms with Crippen molar-refractivity contribution in [1.82, 2.24) is 25.6 Å². The number of benzene rings is 1. The van der Waals surface area contributed by atoms with Crippen molar-refractivity contribution in [2.24, 2.45) is 11.7 Å². The summed E-state index contributed by atoms with van der Waals surface area (Å²) >= 11 is 0. The molecule has 0 saturated heterocycles. The lowest BCUT2D eigenvalue weighted by Crippen LogP contribution is -2.47. The molecule has 9 nitrogen and oxygen atoms in total. The summed E-state index contributed by atoms with van der Waals surface area (Å²) in [5.41, 5.74) is 7.14. The number of methoxy groups -OCH3 is 1. The average molecular weight is 360 g/mol. The molecule has 0 aliphatic rings. The molecule has 1 atom stereocenters. The summed E-state index contributed by atoms with van der Waals surface area (Å²) in [6.45, 7) is 3.76. The van der Waals surface area contributed by atoms with E-state index in [1.807, 2.05) is 38.1 Å². The summed E-state index contributed by atoms with van der Waals surface area (Å²) < 4.78 is 6.71. The molecule has 26 heavy (non-hydrogen) atoms. The molecule has 1 heterocycles. The highest BCUT2D eigenvalue weighted by molar-refractivity contribution is 5.87. The van der Waals surface area contributed by atoms with Crippen LogP contribution in [0.4, 0.5) is 0 Å². The second-order valence-electron chi connectivity index (χ2n) is 6.12. The van der Waals surface area contributed by atoms with E-state index in [4.69, 9.17) is 10.5 Å². The molecule has 2 aromatic rings. The van der Waals surface area contributed by atoms with Crippen molar-refractivity contribution in [2.75, 3.05) is 13.7 Å². The van der Waals surface area contributed by atoms with Gasteiger partial charge in [0.05, 0.1) is 38.1 Å². The third-order valence-corrected chi connectivity index (χ3v) is 3.79. The van der Waals surface area contributed by atoms with E-state index in [0.717, 1.165) is 11.4 Å². The Morgan fingerprint density at radius 3 is 2.54 bits per heavy atom. The van der Waals surface area contributed by atoms with Crippen LogP contribution in [0.1, 0.15) is 19.5 Å². The van der Waals surface area contributed by atoms with Gasteiger partial charge in [-0.15, -0.1) is 5.10 Å². The van der Waals surface area contributed by atoms with Crippen LogP contribution in [-0.4, -0.2) is 46.5 Å². The molecule has 0 aliphatic carbocycles. The first kappa shape index (κ1) is 19.4. The number of hydrogen-bond acceptors (Lipinski definition) is 6. The first-order chi connectivity index (χ1) is 12.4. The first-order valence-corrected chi connectivity index (χ1v) is 8.26. The number of hydrogen-bond donors (Lipinski definition) is 3. The summed E-state index contributed by atoms with van der Waals surface area (Å²) in [5.74, 6) is 0.0838. The molecule has 0 aliphatic heterocycles. The molecule has 0 fully saturated rings. The van der Waals surface area contributed by atoms with E-state index in [2.05, 4.69) is 20.9 Å². The molecule has 9 heteroatoms. The normalized spacial score (nSPS) is 11.9. The molecule has 0 saturated carbocycles. The first-order valence-electron chi connectivity index (χ1n) is 8.26. The van der Waals surface area contributed by atoms with Crippen LogP contribution < -0.4 is 21.1 Å². The zero-order valence-corrected chi connectivity index (χ0v) is 15.1. The van der Waals surface area contributed by atoms with Crippen molar-refractivity contribution in [3.63, 3.8) is 0 Å². The van der Waals surface area contributed by atoms with E-state index in [0.29, 0.717) is 5.69 Å². The number of amides is 2. The number of nitrogens with one attached hydrogen (secondary N) is 2. The Morgan fingerprint density at radius 2 is 1.92 bits per heavy atom. The van der Waals surface area contributed by atoms with Crippen LogP contribution in [0.3, 0.4) is 0 Å². The van der Waals surface area contributed by atoms with E-state index in [1.54, 1.807) is 18.0 Å². The fraction of sp³-hybridized carbons (Fsp3) is 0.412. The van der Waals surface area contributed by atoms with E-state index in [1.165, 1.54) is 0 Å². The SMILES string of the molecule is COc1ccc(-n2cc(CNC(=O)CNC(=O)[C@@H](N)C(C)C)nn2)cc1. The topological polar surface area (TPSA) is 124 Å². The number of carbonyl (C=O) groups excluding carboxylic acids is 2. The zero-order chi connectivity index (χ0) is 19.1. The quantitative estimate of drug-likeness (QED) is 0.608. The number of carbonyl (C=O) groups is 2. The van der Waals surface area contributed by atoms with Gasteiger partial charge in [0.15, 0.2) is 0 Å². The third-order valence-electron chi connectivity index (χ3n) is 3.79. The van der Waals surface area contributed by atoms with Crippen molar-refractivity contribution >= 4 is 11.8 Å². The van der Waals surface area contributed by atoms with E-state index >= 15 is 0 Å². The number of nitrogens with two attached hydrogens (primary N) is 1. The van der Waals surface area contributed by atoms with Gasteiger partial charge in [-0.1, -0.05) is 19.1 Å². The van der Waals surface area contributed by atoms with Gasteiger partial charge < -0.3 is 21.1 Å². The van der Waals surface area contributed by atoms with Crippen LogP contribution >= 0.6 is 0 Å². The smallest absolute Gasteiger partial charge is 0.239 e. The van der Waals surface area contributed by atoms with E-state index in [-0.39, 0.29) is 30.8 Å². The van der Waals surface area contributed by atoms with Gasteiger partial charge in [0, 0.05) is 0 Å². The number of rotatable bonds is 8. The highest BCUT2D eigenvalue weighted by atomic mass is 16.5. The third kappa shape index (κ3) is 5.28. The van der Waals surface area contributed by atoms with Gasteiger partial charge in [-0.3, -0.25) is 9.59 Å². The van der Waals surface area contributed by atoms with E-state index < -0.39 is 6.04 Å². The van der Waals surface area contributed by atoms with Crippen LogP contribution in [0.25, 0.3) is 5.69 Å². The molecule has 0 radical (unpaired) electrons. The number of ether oxygens (including phenoxy) is 1. The van der Waals surface area contributed by atoms with Gasteiger partial charge in [0.25, 0.3) is 0 Å². The standard InChI is InChI=1S/C17H24N6O3/c1-11(2)16(18)17(25)20-9-15(24)19-8-12-10-23(22-21-12)13-4-6-14(26-3)7-5-13/h4-7,10-11,16H,8-9,18H2,1-3H3,(H,19,24)(H,20,25)/t16-/m0/s1. The van der Waals surface area contributed by atoms with Crippen molar-refractivity contribution in [1.29, 1.82) is 0 Å². The summed E-state index contributed by atoms with van der Waals surface area (Å²) in [4.78, 5) is 23.5. The molecule has 1 aromatic heterocycles. The fourth-order valence-electron chi connectivity index (χ4n) is 2.08. The number of aromatic nitrogens is 3. The van der Waals surface area contributed by atoms with E-state index in [9.17, 15) is 9.59 Å². The minimum Gasteiger partial charge on any atom is -0.497 e. The largest absolute Gasteiger partial charge is 0.497 e. The average Bonchev–Trinajstić information content (AvgIpc) is 3.12. The van der Waals surface area contributed by atoms with Gasteiger partial charge in [0.2, 0.25) is 11.8 Å². The maximum absolute atomic E-state index is 11.8. The molecule has 2 rings (SSSR count). The minimum atomic E-state index is -0.632. The molecule has 0 bridgehead atoms. The summed E-state index contributed by atoms with van der Waals surface area (Å²) in [6, 6.07) is 6.71. The van der Waals surface area contributed by atoms with Crippen LogP contribution in [0.5, 0.6) is 5.75 Å². The maximum atomic E-state index is 11.8. The van der Waals surface area contributed by atoms with Crippen molar-refractivity contribution in [3.8, 4) is 11.4 Å². The molecular formula is C17H24N6O3. The van der Waals surface area contributed by atoms with Crippen LogP contribution in [0, 0.1) is 5.92 Å².